The first-order valence-corrected chi connectivity index (χ1v) is 11.6. The number of amides is 2. The first-order chi connectivity index (χ1) is 14.0. The molecule has 2 aliphatic rings. The lowest BCUT2D eigenvalue weighted by Crippen LogP contribution is -2.50. The molecule has 2 fully saturated rings. The lowest BCUT2D eigenvalue weighted by molar-refractivity contribution is 0.179. The average molecular weight is 414 g/mol. The number of carbonyl (C=O) groups excluding carboxylic acids is 1. The van der Waals surface area contributed by atoms with Gasteiger partial charge in [-0.25, -0.2) is 17.9 Å². The molecule has 0 unspecified atom stereocenters. The van der Waals surface area contributed by atoms with Crippen molar-refractivity contribution in [3.8, 4) is 0 Å². The van der Waals surface area contributed by atoms with Crippen LogP contribution in [-0.2, 0) is 15.4 Å². The van der Waals surface area contributed by atoms with E-state index in [4.69, 9.17) is 0 Å². The normalized spacial score (nSPS) is 19.0. The van der Waals surface area contributed by atoms with Crippen molar-refractivity contribution in [2.75, 3.05) is 19.6 Å². The Kier molecular flexibility index (Phi) is 5.61. The number of benzene rings is 2. The number of carbonyl (C=O) groups is 1. The Morgan fingerprint density at radius 1 is 0.966 bits per heavy atom. The summed E-state index contributed by atoms with van der Waals surface area (Å²) < 4.78 is 27.7. The number of urea groups is 1. The zero-order chi connectivity index (χ0) is 20.3. The van der Waals surface area contributed by atoms with Crippen LogP contribution in [0.15, 0.2) is 65.6 Å². The summed E-state index contributed by atoms with van der Waals surface area (Å²) in [4.78, 5) is 14.7. The van der Waals surface area contributed by atoms with Crippen molar-refractivity contribution in [2.24, 2.45) is 0 Å². The highest BCUT2D eigenvalue weighted by Crippen LogP contribution is 2.47. The van der Waals surface area contributed by atoms with Crippen LogP contribution in [0.5, 0.6) is 0 Å². The van der Waals surface area contributed by atoms with Gasteiger partial charge in [-0.1, -0.05) is 48.5 Å². The molecular weight excluding hydrogens is 386 g/mol. The lowest BCUT2D eigenvalue weighted by Gasteiger charge is -2.32. The number of nitrogens with one attached hydrogen (secondary N) is 2. The molecule has 1 aliphatic carbocycles. The largest absolute Gasteiger partial charge is 0.337 e. The Balaban J connectivity index is 1.26. The lowest BCUT2D eigenvalue weighted by atomic mass is 9.96. The highest BCUT2D eigenvalue weighted by molar-refractivity contribution is 7.89. The number of piperidine rings is 1. The van der Waals surface area contributed by atoms with E-state index in [-0.39, 0.29) is 22.4 Å². The quantitative estimate of drug-likeness (QED) is 0.764. The summed E-state index contributed by atoms with van der Waals surface area (Å²) in [5.41, 5.74) is 1.37. The molecule has 2 amide bonds. The van der Waals surface area contributed by atoms with Gasteiger partial charge < -0.3 is 10.2 Å². The first kappa shape index (κ1) is 19.9. The monoisotopic (exact) mass is 413 g/mol. The van der Waals surface area contributed by atoms with E-state index in [0.717, 1.165) is 12.8 Å². The van der Waals surface area contributed by atoms with Crippen molar-refractivity contribution in [1.29, 1.82) is 0 Å². The number of hydrogen-bond donors (Lipinski definition) is 2. The van der Waals surface area contributed by atoms with Gasteiger partial charge in [-0.3, -0.25) is 0 Å². The molecule has 0 bridgehead atoms. The molecule has 7 heteroatoms. The van der Waals surface area contributed by atoms with Crippen molar-refractivity contribution < 1.29 is 13.2 Å². The summed E-state index contributed by atoms with van der Waals surface area (Å²) in [5.74, 6) is 0. The van der Waals surface area contributed by atoms with Crippen LogP contribution in [0.4, 0.5) is 4.79 Å². The molecule has 0 atom stereocenters. The average Bonchev–Trinajstić information content (AvgIpc) is 3.55. The molecule has 1 saturated carbocycles. The van der Waals surface area contributed by atoms with Crippen molar-refractivity contribution in [3.05, 3.63) is 66.2 Å². The molecule has 0 spiro atoms. The number of hydrogen-bond acceptors (Lipinski definition) is 3. The predicted molar refractivity (Wildman–Crippen MR) is 112 cm³/mol. The van der Waals surface area contributed by atoms with Gasteiger partial charge in [-0.15, -0.1) is 0 Å². The molecule has 1 saturated heterocycles. The van der Waals surface area contributed by atoms with Crippen LogP contribution >= 0.6 is 0 Å². The fourth-order valence-corrected chi connectivity index (χ4v) is 5.28. The van der Waals surface area contributed by atoms with Crippen LogP contribution in [0.3, 0.4) is 0 Å². The standard InChI is InChI=1S/C22H27N3O3S/c26-21(23-17-22(13-14-22)18-7-3-1-4-8-18)25-15-11-19(12-16-25)24-29(27,28)20-9-5-2-6-10-20/h1-10,19,24H,11-17H2,(H,23,26). The summed E-state index contributed by atoms with van der Waals surface area (Å²) in [6.45, 7) is 1.74. The molecular formula is C22H27N3O3S. The van der Waals surface area contributed by atoms with Gasteiger partial charge >= 0.3 is 6.03 Å². The molecule has 0 aromatic heterocycles. The molecule has 2 N–H and O–H groups in total. The van der Waals surface area contributed by atoms with E-state index in [1.54, 1.807) is 35.2 Å². The number of likely N-dealkylation sites (tertiary alicyclic amines) is 1. The van der Waals surface area contributed by atoms with E-state index < -0.39 is 10.0 Å². The summed E-state index contributed by atoms with van der Waals surface area (Å²) >= 11 is 0. The van der Waals surface area contributed by atoms with Crippen molar-refractivity contribution in [3.63, 3.8) is 0 Å². The van der Waals surface area contributed by atoms with Crippen LogP contribution in [0, 0.1) is 0 Å². The number of nitrogens with zero attached hydrogens (tertiary/aromatic N) is 1. The second kappa shape index (κ2) is 8.16. The second-order valence-electron chi connectivity index (χ2n) is 8.00. The summed E-state index contributed by atoms with van der Waals surface area (Å²) in [6, 6.07) is 18.5. The molecule has 0 radical (unpaired) electrons. The Bertz CT molecular complexity index is 936. The smallest absolute Gasteiger partial charge is 0.317 e. The van der Waals surface area contributed by atoms with Crippen molar-refractivity contribution in [2.45, 2.75) is 42.0 Å². The van der Waals surface area contributed by atoms with E-state index in [1.165, 1.54) is 5.56 Å². The summed E-state index contributed by atoms with van der Waals surface area (Å²) in [5, 5.41) is 3.09. The zero-order valence-corrected chi connectivity index (χ0v) is 17.2. The van der Waals surface area contributed by atoms with Crippen LogP contribution in [-0.4, -0.2) is 45.0 Å². The van der Waals surface area contributed by atoms with Crippen molar-refractivity contribution >= 4 is 16.1 Å². The van der Waals surface area contributed by atoms with E-state index in [1.807, 2.05) is 18.2 Å². The van der Waals surface area contributed by atoms with Crippen LogP contribution < -0.4 is 10.0 Å². The van der Waals surface area contributed by atoms with Gasteiger partial charge in [0, 0.05) is 31.1 Å². The van der Waals surface area contributed by atoms with Crippen molar-refractivity contribution in [1.82, 2.24) is 14.9 Å². The second-order valence-corrected chi connectivity index (χ2v) is 9.71. The SMILES string of the molecule is O=C(NCC1(c2ccccc2)CC1)N1CCC(NS(=O)(=O)c2ccccc2)CC1. The van der Waals surface area contributed by atoms with Gasteiger partial charge in [0.2, 0.25) is 10.0 Å². The van der Waals surface area contributed by atoms with Gasteiger partial charge in [0.25, 0.3) is 0 Å². The maximum atomic E-state index is 12.6. The highest BCUT2D eigenvalue weighted by atomic mass is 32.2. The minimum atomic E-state index is -3.52. The third-order valence-corrected chi connectivity index (χ3v) is 7.51. The minimum Gasteiger partial charge on any atom is -0.337 e. The Morgan fingerprint density at radius 2 is 1.55 bits per heavy atom. The Hall–Kier alpha value is -2.38. The Morgan fingerprint density at radius 3 is 2.14 bits per heavy atom. The fraction of sp³-hybridized carbons (Fsp3) is 0.409. The maximum Gasteiger partial charge on any atom is 0.317 e. The third-order valence-electron chi connectivity index (χ3n) is 5.98. The summed E-state index contributed by atoms with van der Waals surface area (Å²) in [7, 11) is -3.52. The Labute approximate surface area is 172 Å². The van der Waals surface area contributed by atoms with E-state index in [2.05, 4.69) is 22.2 Å². The maximum absolute atomic E-state index is 12.6. The molecule has 4 rings (SSSR count). The molecule has 2 aromatic rings. The first-order valence-electron chi connectivity index (χ1n) is 10.1. The minimum absolute atomic E-state index is 0.0587. The third kappa shape index (κ3) is 4.62. The van der Waals surface area contributed by atoms with Gasteiger partial charge in [-0.2, -0.15) is 0 Å². The number of sulfonamides is 1. The highest BCUT2D eigenvalue weighted by Gasteiger charge is 2.44. The van der Waals surface area contributed by atoms with Gasteiger partial charge in [0.15, 0.2) is 0 Å². The zero-order valence-electron chi connectivity index (χ0n) is 16.4. The van der Waals surface area contributed by atoms with Crippen LogP contribution in [0.25, 0.3) is 0 Å². The van der Waals surface area contributed by atoms with E-state index in [9.17, 15) is 13.2 Å². The molecule has 1 heterocycles. The fourth-order valence-electron chi connectivity index (χ4n) is 3.95. The predicted octanol–water partition coefficient (Wildman–Crippen LogP) is 2.87. The topological polar surface area (TPSA) is 78.5 Å². The van der Waals surface area contributed by atoms with Crippen LogP contribution in [0.2, 0.25) is 0 Å². The van der Waals surface area contributed by atoms with Gasteiger partial charge in [0.05, 0.1) is 4.90 Å². The molecule has 2 aromatic carbocycles. The molecule has 1 aliphatic heterocycles. The molecule has 29 heavy (non-hydrogen) atoms. The van der Waals surface area contributed by atoms with Gasteiger partial charge in [0.1, 0.15) is 0 Å². The summed E-state index contributed by atoms with van der Waals surface area (Å²) in [6.07, 6.45) is 3.42. The molecule has 6 nitrogen and oxygen atoms in total. The number of rotatable bonds is 6. The van der Waals surface area contributed by atoms with E-state index >= 15 is 0 Å². The molecule has 154 valence electrons. The van der Waals surface area contributed by atoms with E-state index in [0.29, 0.717) is 32.5 Å². The van der Waals surface area contributed by atoms with Crippen LogP contribution in [0.1, 0.15) is 31.2 Å². The van der Waals surface area contributed by atoms with Gasteiger partial charge in [-0.05, 0) is 43.4 Å².